The van der Waals surface area contributed by atoms with Crippen molar-refractivity contribution < 1.29 is 9.18 Å². The molecule has 0 fully saturated rings. The fourth-order valence-corrected chi connectivity index (χ4v) is 1.12. The van der Waals surface area contributed by atoms with Crippen molar-refractivity contribution >= 4 is 17.9 Å². The quantitative estimate of drug-likeness (QED) is 0.664. The van der Waals surface area contributed by atoms with Crippen LogP contribution in [0.5, 0.6) is 0 Å². The van der Waals surface area contributed by atoms with Gasteiger partial charge in [-0.2, -0.15) is 0 Å². The predicted molar refractivity (Wildman–Crippen MR) is 46.0 cm³/mol. The molecule has 1 nitrogen and oxygen atoms in total. The monoisotopic (exact) mass is 186 g/mol. The van der Waals surface area contributed by atoms with Gasteiger partial charge in [-0.05, 0) is 17.7 Å². The third-order valence-electron chi connectivity index (χ3n) is 1.51. The Kier molecular flexibility index (Phi) is 3.23. The standard InChI is InChI=1S/C9H8ClFO/c10-8-3-1-2-7(6-8)9(11)4-5-12/h1-3,5-6,9H,4H2. The highest BCUT2D eigenvalue weighted by atomic mass is 35.5. The Bertz CT molecular complexity index is 275. The van der Waals surface area contributed by atoms with Crippen LogP contribution in [0.15, 0.2) is 24.3 Å². The van der Waals surface area contributed by atoms with Crippen LogP contribution in [0.1, 0.15) is 18.2 Å². The first-order valence-corrected chi connectivity index (χ1v) is 3.95. The zero-order chi connectivity index (χ0) is 8.97. The molecule has 0 amide bonds. The maximum Gasteiger partial charge on any atom is 0.132 e. The van der Waals surface area contributed by atoms with E-state index in [0.717, 1.165) is 0 Å². The zero-order valence-corrected chi connectivity index (χ0v) is 7.09. The van der Waals surface area contributed by atoms with Crippen molar-refractivity contribution in [2.45, 2.75) is 12.6 Å². The number of hydrogen-bond acceptors (Lipinski definition) is 1. The Morgan fingerprint density at radius 2 is 2.33 bits per heavy atom. The van der Waals surface area contributed by atoms with E-state index in [4.69, 9.17) is 11.6 Å². The summed E-state index contributed by atoms with van der Waals surface area (Å²) in [5, 5.41) is 0.487. The molecule has 12 heavy (non-hydrogen) atoms. The Balaban J connectivity index is 2.80. The van der Waals surface area contributed by atoms with E-state index >= 15 is 0 Å². The molecule has 0 aliphatic rings. The Morgan fingerprint density at radius 3 is 2.92 bits per heavy atom. The van der Waals surface area contributed by atoms with E-state index in [1.807, 2.05) is 0 Å². The van der Waals surface area contributed by atoms with E-state index in [1.165, 1.54) is 6.07 Å². The van der Waals surface area contributed by atoms with Gasteiger partial charge >= 0.3 is 0 Å². The third kappa shape index (κ3) is 2.31. The minimum absolute atomic E-state index is 0.111. The van der Waals surface area contributed by atoms with E-state index in [1.54, 1.807) is 18.2 Å². The fourth-order valence-electron chi connectivity index (χ4n) is 0.922. The van der Waals surface area contributed by atoms with Crippen LogP contribution in [0.4, 0.5) is 4.39 Å². The van der Waals surface area contributed by atoms with Gasteiger partial charge in [0.1, 0.15) is 12.5 Å². The highest BCUT2D eigenvalue weighted by Gasteiger charge is 2.08. The van der Waals surface area contributed by atoms with Gasteiger partial charge in [0.25, 0.3) is 0 Å². The number of carbonyl (C=O) groups is 1. The van der Waals surface area contributed by atoms with E-state index in [2.05, 4.69) is 0 Å². The van der Waals surface area contributed by atoms with Crippen molar-refractivity contribution in [2.75, 3.05) is 0 Å². The minimum atomic E-state index is -1.24. The summed E-state index contributed by atoms with van der Waals surface area (Å²) in [7, 11) is 0. The van der Waals surface area contributed by atoms with Gasteiger partial charge in [0, 0.05) is 11.4 Å². The summed E-state index contributed by atoms with van der Waals surface area (Å²) in [6.45, 7) is 0. The average molecular weight is 187 g/mol. The second-order valence-corrected chi connectivity index (χ2v) is 2.86. The first kappa shape index (κ1) is 9.20. The van der Waals surface area contributed by atoms with Crippen molar-refractivity contribution in [1.29, 1.82) is 0 Å². The van der Waals surface area contributed by atoms with Crippen LogP contribution >= 0.6 is 11.6 Å². The molecule has 1 aromatic rings. The average Bonchev–Trinajstić information content (AvgIpc) is 2.05. The summed E-state index contributed by atoms with van der Waals surface area (Å²) < 4.78 is 13.0. The minimum Gasteiger partial charge on any atom is -0.303 e. The van der Waals surface area contributed by atoms with E-state index < -0.39 is 6.17 Å². The van der Waals surface area contributed by atoms with Crippen LogP contribution in [0.2, 0.25) is 5.02 Å². The highest BCUT2D eigenvalue weighted by Crippen LogP contribution is 2.22. The lowest BCUT2D eigenvalue weighted by Gasteiger charge is -2.03. The largest absolute Gasteiger partial charge is 0.303 e. The topological polar surface area (TPSA) is 17.1 Å². The molecule has 0 aliphatic carbocycles. The molecule has 0 aliphatic heterocycles. The van der Waals surface area contributed by atoms with Gasteiger partial charge in [-0.15, -0.1) is 0 Å². The molecular formula is C9H8ClFO. The molecule has 64 valence electrons. The number of hydrogen-bond donors (Lipinski definition) is 0. The van der Waals surface area contributed by atoms with Crippen molar-refractivity contribution in [3.05, 3.63) is 34.9 Å². The fraction of sp³-hybridized carbons (Fsp3) is 0.222. The summed E-state index contributed by atoms with van der Waals surface area (Å²) in [5.41, 5.74) is 0.453. The van der Waals surface area contributed by atoms with Gasteiger partial charge in [0.05, 0.1) is 0 Å². The van der Waals surface area contributed by atoms with Crippen molar-refractivity contribution in [1.82, 2.24) is 0 Å². The molecule has 0 radical (unpaired) electrons. The zero-order valence-electron chi connectivity index (χ0n) is 6.34. The third-order valence-corrected chi connectivity index (χ3v) is 1.75. The van der Waals surface area contributed by atoms with Crippen molar-refractivity contribution in [3.8, 4) is 0 Å². The van der Waals surface area contributed by atoms with Gasteiger partial charge in [0.15, 0.2) is 0 Å². The summed E-state index contributed by atoms with van der Waals surface area (Å²) in [5.74, 6) is 0. The Labute approximate surface area is 75.2 Å². The van der Waals surface area contributed by atoms with Crippen molar-refractivity contribution in [3.63, 3.8) is 0 Å². The van der Waals surface area contributed by atoms with Crippen LogP contribution in [0, 0.1) is 0 Å². The van der Waals surface area contributed by atoms with Gasteiger partial charge < -0.3 is 4.79 Å². The van der Waals surface area contributed by atoms with Crippen LogP contribution in [0.25, 0.3) is 0 Å². The van der Waals surface area contributed by atoms with Crippen LogP contribution in [0.3, 0.4) is 0 Å². The maximum absolute atomic E-state index is 13.0. The number of aldehydes is 1. The molecule has 1 unspecified atom stereocenters. The Hall–Kier alpha value is -0.890. The molecule has 0 heterocycles. The molecular weight excluding hydrogens is 179 g/mol. The predicted octanol–water partition coefficient (Wildman–Crippen LogP) is 2.94. The second kappa shape index (κ2) is 4.21. The van der Waals surface area contributed by atoms with Crippen molar-refractivity contribution in [2.24, 2.45) is 0 Å². The number of rotatable bonds is 3. The molecule has 3 heteroatoms. The lowest BCUT2D eigenvalue weighted by atomic mass is 10.1. The number of alkyl halides is 1. The first-order valence-electron chi connectivity index (χ1n) is 3.57. The molecule has 0 aromatic heterocycles. The molecule has 1 aromatic carbocycles. The van der Waals surface area contributed by atoms with E-state index in [9.17, 15) is 9.18 Å². The van der Waals surface area contributed by atoms with Crippen LogP contribution in [-0.4, -0.2) is 6.29 Å². The number of halogens is 2. The molecule has 0 spiro atoms. The van der Waals surface area contributed by atoms with Gasteiger partial charge in [-0.3, -0.25) is 0 Å². The van der Waals surface area contributed by atoms with Gasteiger partial charge in [0.2, 0.25) is 0 Å². The summed E-state index contributed by atoms with van der Waals surface area (Å²) in [6, 6.07) is 6.46. The summed E-state index contributed by atoms with van der Waals surface area (Å²) in [4.78, 5) is 10.0. The highest BCUT2D eigenvalue weighted by molar-refractivity contribution is 6.30. The molecule has 1 rings (SSSR count). The van der Waals surface area contributed by atoms with Crippen LogP contribution < -0.4 is 0 Å². The smallest absolute Gasteiger partial charge is 0.132 e. The van der Waals surface area contributed by atoms with Crippen LogP contribution in [-0.2, 0) is 4.79 Å². The molecule has 0 bridgehead atoms. The second-order valence-electron chi connectivity index (χ2n) is 2.42. The molecule has 0 saturated carbocycles. The molecule has 0 saturated heterocycles. The lowest BCUT2D eigenvalue weighted by Crippen LogP contribution is -1.91. The molecule has 0 N–H and O–H groups in total. The summed E-state index contributed by atoms with van der Waals surface area (Å²) >= 11 is 5.63. The number of carbonyl (C=O) groups excluding carboxylic acids is 1. The Morgan fingerprint density at radius 1 is 1.58 bits per heavy atom. The normalized spacial score (nSPS) is 12.5. The summed E-state index contributed by atoms with van der Waals surface area (Å²) in [6.07, 6.45) is -0.785. The molecule has 1 atom stereocenters. The van der Waals surface area contributed by atoms with Gasteiger partial charge in [-0.25, -0.2) is 4.39 Å². The first-order chi connectivity index (χ1) is 5.74. The number of benzene rings is 1. The van der Waals surface area contributed by atoms with E-state index in [0.29, 0.717) is 16.9 Å². The maximum atomic E-state index is 13.0. The SMILES string of the molecule is O=CCC(F)c1cccc(Cl)c1. The van der Waals surface area contributed by atoms with Gasteiger partial charge in [-0.1, -0.05) is 23.7 Å². The van der Waals surface area contributed by atoms with E-state index in [-0.39, 0.29) is 6.42 Å². The lowest BCUT2D eigenvalue weighted by molar-refractivity contribution is -0.108.